The van der Waals surface area contributed by atoms with E-state index in [1.807, 2.05) is 6.07 Å². The second kappa shape index (κ2) is 5.96. The lowest BCUT2D eigenvalue weighted by Crippen LogP contribution is -2.13. The van der Waals surface area contributed by atoms with Crippen LogP contribution in [0.25, 0.3) is 0 Å². The highest BCUT2D eigenvalue weighted by atomic mass is 19.4. The smallest absolute Gasteiger partial charge is 0.416 e. The first-order chi connectivity index (χ1) is 9.45. The number of alkyl halides is 3. The SMILES string of the molecule is Oc1cccc(CNCc2ccc(C(F)(F)F)cc2)c1. The molecule has 0 bridgehead atoms. The summed E-state index contributed by atoms with van der Waals surface area (Å²) in [6.45, 7) is 1.00. The summed E-state index contributed by atoms with van der Waals surface area (Å²) in [5.41, 5.74) is 1.05. The molecule has 2 nitrogen and oxygen atoms in total. The monoisotopic (exact) mass is 281 g/mol. The predicted octanol–water partition coefficient (Wildman–Crippen LogP) is 3.70. The van der Waals surface area contributed by atoms with Crippen LogP contribution in [0.5, 0.6) is 5.75 Å². The summed E-state index contributed by atoms with van der Waals surface area (Å²) in [4.78, 5) is 0. The van der Waals surface area contributed by atoms with Crippen molar-refractivity contribution in [2.75, 3.05) is 0 Å². The summed E-state index contributed by atoms with van der Waals surface area (Å²) >= 11 is 0. The molecule has 0 radical (unpaired) electrons. The topological polar surface area (TPSA) is 32.3 Å². The van der Waals surface area contributed by atoms with Gasteiger partial charge in [-0.2, -0.15) is 13.2 Å². The summed E-state index contributed by atoms with van der Waals surface area (Å²) in [7, 11) is 0. The Hall–Kier alpha value is -2.01. The quantitative estimate of drug-likeness (QED) is 0.895. The van der Waals surface area contributed by atoms with Gasteiger partial charge in [0.05, 0.1) is 5.56 Å². The zero-order chi connectivity index (χ0) is 14.6. The average Bonchev–Trinajstić information content (AvgIpc) is 2.38. The third-order valence-corrected chi connectivity index (χ3v) is 2.85. The molecule has 0 unspecified atom stereocenters. The number of phenols is 1. The van der Waals surface area contributed by atoms with Gasteiger partial charge in [-0.15, -0.1) is 0 Å². The van der Waals surface area contributed by atoms with Crippen molar-refractivity contribution in [3.8, 4) is 5.75 Å². The van der Waals surface area contributed by atoms with E-state index in [0.717, 1.165) is 23.3 Å². The number of phenolic OH excluding ortho intramolecular Hbond substituents is 1. The van der Waals surface area contributed by atoms with Crippen LogP contribution in [0.2, 0.25) is 0 Å². The number of hydrogen-bond donors (Lipinski definition) is 2. The Kier molecular flexibility index (Phi) is 4.29. The molecule has 5 heteroatoms. The predicted molar refractivity (Wildman–Crippen MR) is 70.1 cm³/mol. The van der Waals surface area contributed by atoms with Gasteiger partial charge in [-0.3, -0.25) is 0 Å². The van der Waals surface area contributed by atoms with Gasteiger partial charge < -0.3 is 10.4 Å². The zero-order valence-corrected chi connectivity index (χ0v) is 10.6. The highest BCUT2D eigenvalue weighted by molar-refractivity contribution is 5.27. The maximum Gasteiger partial charge on any atom is 0.416 e. The fourth-order valence-electron chi connectivity index (χ4n) is 1.83. The van der Waals surface area contributed by atoms with Crippen LogP contribution in [0.3, 0.4) is 0 Å². The van der Waals surface area contributed by atoms with Gasteiger partial charge in [0.15, 0.2) is 0 Å². The minimum Gasteiger partial charge on any atom is -0.508 e. The van der Waals surface area contributed by atoms with E-state index in [4.69, 9.17) is 0 Å². The number of halogens is 3. The van der Waals surface area contributed by atoms with Gasteiger partial charge in [0.25, 0.3) is 0 Å². The number of aromatic hydroxyl groups is 1. The third kappa shape index (κ3) is 3.99. The van der Waals surface area contributed by atoms with Crippen LogP contribution >= 0.6 is 0 Å². The summed E-state index contributed by atoms with van der Waals surface area (Å²) < 4.78 is 37.2. The van der Waals surface area contributed by atoms with Gasteiger partial charge in [-0.1, -0.05) is 24.3 Å². The lowest BCUT2D eigenvalue weighted by molar-refractivity contribution is -0.137. The lowest BCUT2D eigenvalue weighted by Gasteiger charge is -2.08. The van der Waals surface area contributed by atoms with E-state index in [1.165, 1.54) is 12.1 Å². The number of rotatable bonds is 4. The summed E-state index contributed by atoms with van der Waals surface area (Å²) in [5.74, 6) is 0.193. The number of nitrogens with one attached hydrogen (secondary N) is 1. The number of hydrogen-bond acceptors (Lipinski definition) is 2. The fraction of sp³-hybridized carbons (Fsp3) is 0.200. The van der Waals surface area contributed by atoms with Crippen molar-refractivity contribution < 1.29 is 18.3 Å². The van der Waals surface area contributed by atoms with E-state index in [2.05, 4.69) is 5.32 Å². The normalized spacial score (nSPS) is 11.6. The molecule has 2 N–H and O–H groups in total. The van der Waals surface area contributed by atoms with Crippen molar-refractivity contribution in [2.45, 2.75) is 19.3 Å². The van der Waals surface area contributed by atoms with Crippen LogP contribution in [0, 0.1) is 0 Å². The molecule has 0 fully saturated rings. The van der Waals surface area contributed by atoms with Crippen molar-refractivity contribution in [3.63, 3.8) is 0 Å². The van der Waals surface area contributed by atoms with Crippen LogP contribution in [0.1, 0.15) is 16.7 Å². The molecule has 2 aromatic carbocycles. The van der Waals surface area contributed by atoms with Crippen molar-refractivity contribution in [1.82, 2.24) is 5.32 Å². The second-order valence-electron chi connectivity index (χ2n) is 4.47. The molecule has 20 heavy (non-hydrogen) atoms. The molecule has 0 aliphatic heterocycles. The van der Waals surface area contributed by atoms with Gasteiger partial charge in [0.1, 0.15) is 5.75 Å². The lowest BCUT2D eigenvalue weighted by atomic mass is 10.1. The minimum absolute atomic E-state index is 0.193. The Morgan fingerprint density at radius 3 is 2.15 bits per heavy atom. The van der Waals surface area contributed by atoms with Gasteiger partial charge in [0.2, 0.25) is 0 Å². The molecular formula is C15H14F3NO. The second-order valence-corrected chi connectivity index (χ2v) is 4.47. The van der Waals surface area contributed by atoms with Gasteiger partial charge in [-0.05, 0) is 35.4 Å². The molecule has 2 rings (SSSR count). The molecule has 0 saturated heterocycles. The zero-order valence-electron chi connectivity index (χ0n) is 10.6. The number of benzene rings is 2. The first-order valence-electron chi connectivity index (χ1n) is 6.10. The Morgan fingerprint density at radius 2 is 1.55 bits per heavy atom. The Morgan fingerprint density at radius 1 is 0.900 bits per heavy atom. The van der Waals surface area contributed by atoms with Crippen LogP contribution in [-0.4, -0.2) is 5.11 Å². The van der Waals surface area contributed by atoms with Gasteiger partial charge in [-0.25, -0.2) is 0 Å². The van der Waals surface area contributed by atoms with Crippen LogP contribution in [0.4, 0.5) is 13.2 Å². The van der Waals surface area contributed by atoms with Crippen LogP contribution in [0.15, 0.2) is 48.5 Å². The Bertz CT molecular complexity index is 564. The van der Waals surface area contributed by atoms with Crippen molar-refractivity contribution >= 4 is 0 Å². The summed E-state index contributed by atoms with van der Waals surface area (Å²) in [6, 6.07) is 11.9. The molecule has 0 saturated carbocycles. The molecular weight excluding hydrogens is 267 g/mol. The van der Waals surface area contributed by atoms with Crippen LogP contribution in [-0.2, 0) is 19.3 Å². The fourth-order valence-corrected chi connectivity index (χ4v) is 1.83. The van der Waals surface area contributed by atoms with E-state index in [0.29, 0.717) is 13.1 Å². The molecule has 0 spiro atoms. The summed E-state index contributed by atoms with van der Waals surface area (Å²) in [5, 5.41) is 12.4. The van der Waals surface area contributed by atoms with Gasteiger partial charge >= 0.3 is 6.18 Å². The maximum absolute atomic E-state index is 12.4. The Balaban J connectivity index is 1.88. The molecule has 0 aliphatic carbocycles. The first kappa shape index (κ1) is 14.4. The molecule has 0 amide bonds. The van der Waals surface area contributed by atoms with E-state index in [1.54, 1.807) is 18.2 Å². The summed E-state index contributed by atoms with van der Waals surface area (Å²) in [6.07, 6.45) is -4.30. The minimum atomic E-state index is -4.30. The van der Waals surface area contributed by atoms with E-state index in [9.17, 15) is 18.3 Å². The molecule has 0 aliphatic rings. The van der Waals surface area contributed by atoms with Crippen molar-refractivity contribution in [3.05, 3.63) is 65.2 Å². The molecule has 2 aromatic rings. The third-order valence-electron chi connectivity index (χ3n) is 2.85. The van der Waals surface area contributed by atoms with Gasteiger partial charge in [0, 0.05) is 13.1 Å². The molecule has 106 valence electrons. The highest BCUT2D eigenvalue weighted by Crippen LogP contribution is 2.29. The van der Waals surface area contributed by atoms with E-state index >= 15 is 0 Å². The van der Waals surface area contributed by atoms with Crippen molar-refractivity contribution in [1.29, 1.82) is 0 Å². The molecule has 0 aromatic heterocycles. The van der Waals surface area contributed by atoms with E-state index in [-0.39, 0.29) is 5.75 Å². The van der Waals surface area contributed by atoms with Crippen LogP contribution < -0.4 is 5.32 Å². The van der Waals surface area contributed by atoms with Crippen molar-refractivity contribution in [2.24, 2.45) is 0 Å². The Labute approximate surface area is 114 Å². The standard InChI is InChI=1S/C15H14F3NO/c16-15(17,18)13-6-4-11(5-7-13)9-19-10-12-2-1-3-14(20)8-12/h1-8,19-20H,9-10H2. The largest absolute Gasteiger partial charge is 0.508 e. The van der Waals surface area contributed by atoms with E-state index < -0.39 is 11.7 Å². The highest BCUT2D eigenvalue weighted by Gasteiger charge is 2.29. The average molecular weight is 281 g/mol. The molecule has 0 heterocycles. The maximum atomic E-state index is 12.4. The first-order valence-corrected chi connectivity index (χ1v) is 6.10. The molecule has 0 atom stereocenters.